The Morgan fingerprint density at radius 2 is 2.16 bits per heavy atom. The molecule has 2 bridgehead atoms. The molecular weight excluding hydrogens is 254 g/mol. The zero-order valence-electron chi connectivity index (χ0n) is 12.2. The minimum Gasteiger partial charge on any atom is -0.387 e. The Morgan fingerprint density at radius 1 is 1.37 bits per heavy atom. The molecule has 0 aromatic carbocycles. The summed E-state index contributed by atoms with van der Waals surface area (Å²) in [4.78, 5) is 4.65. The molecule has 4 atom stereocenters. The van der Waals surface area contributed by atoms with E-state index in [9.17, 15) is 5.11 Å². The Bertz CT molecular complexity index is 448. The third-order valence-corrected chi connectivity index (χ3v) is 6.20. The molecular formula is C16H25NOS. The predicted molar refractivity (Wildman–Crippen MR) is 79.3 cm³/mol. The van der Waals surface area contributed by atoms with E-state index in [4.69, 9.17) is 0 Å². The first-order chi connectivity index (χ1) is 8.93. The molecule has 106 valence electrons. The Kier molecular flexibility index (Phi) is 3.46. The second-order valence-corrected chi connectivity index (χ2v) is 8.37. The fourth-order valence-electron chi connectivity index (χ4n) is 3.86. The third-order valence-electron chi connectivity index (χ3n) is 4.92. The minimum atomic E-state index is -0.350. The molecule has 3 heteroatoms. The van der Waals surface area contributed by atoms with Gasteiger partial charge in [-0.15, -0.1) is 11.3 Å². The smallest absolute Gasteiger partial charge is 0.0983 e. The van der Waals surface area contributed by atoms with Crippen LogP contribution in [0.1, 0.15) is 69.7 Å². The molecule has 0 aliphatic heterocycles. The van der Waals surface area contributed by atoms with E-state index in [1.165, 1.54) is 25.7 Å². The lowest BCUT2D eigenvalue weighted by atomic mass is 9.84. The normalized spacial score (nSPS) is 31.9. The van der Waals surface area contributed by atoms with Crippen LogP contribution < -0.4 is 0 Å². The maximum absolute atomic E-state index is 10.4. The maximum Gasteiger partial charge on any atom is 0.0983 e. The van der Waals surface area contributed by atoms with Crippen LogP contribution in [0.5, 0.6) is 0 Å². The molecule has 2 saturated carbocycles. The number of aliphatic hydroxyl groups excluding tert-OH is 1. The van der Waals surface area contributed by atoms with Crippen LogP contribution >= 0.6 is 11.3 Å². The van der Waals surface area contributed by atoms with Gasteiger partial charge in [0.1, 0.15) is 0 Å². The van der Waals surface area contributed by atoms with E-state index in [2.05, 4.69) is 31.1 Å². The first-order valence-corrected chi connectivity index (χ1v) is 8.45. The standard InChI is InChI=1S/C16H25NOS/c1-16(2,3)15-17-13(9-19-15)14(18)8-12-7-10-4-5-11(12)6-10/h9-12,14,18H,4-8H2,1-3H3. The number of aliphatic hydroxyl groups is 1. The predicted octanol–water partition coefficient (Wildman–Crippen LogP) is 4.30. The van der Waals surface area contributed by atoms with Crippen molar-refractivity contribution in [3.05, 3.63) is 16.1 Å². The van der Waals surface area contributed by atoms with Crippen LogP contribution in [0.15, 0.2) is 5.38 Å². The highest BCUT2D eigenvalue weighted by Gasteiger charge is 2.40. The summed E-state index contributed by atoms with van der Waals surface area (Å²) < 4.78 is 0. The van der Waals surface area contributed by atoms with Crippen molar-refractivity contribution in [2.24, 2.45) is 17.8 Å². The van der Waals surface area contributed by atoms with Gasteiger partial charge in [0.25, 0.3) is 0 Å². The Balaban J connectivity index is 1.64. The molecule has 2 fully saturated rings. The monoisotopic (exact) mass is 279 g/mol. The van der Waals surface area contributed by atoms with E-state index in [0.29, 0.717) is 0 Å². The largest absolute Gasteiger partial charge is 0.387 e. The number of rotatable bonds is 3. The third kappa shape index (κ3) is 2.73. The van der Waals surface area contributed by atoms with Gasteiger partial charge in [-0.05, 0) is 43.4 Å². The lowest BCUT2D eigenvalue weighted by Gasteiger charge is -2.23. The summed E-state index contributed by atoms with van der Waals surface area (Å²) in [6.07, 6.45) is 6.17. The van der Waals surface area contributed by atoms with Crippen LogP contribution in [0.25, 0.3) is 0 Å². The fraction of sp³-hybridized carbons (Fsp3) is 0.812. The number of hydrogen-bond donors (Lipinski definition) is 1. The van der Waals surface area contributed by atoms with Crippen molar-refractivity contribution in [1.82, 2.24) is 4.98 Å². The van der Waals surface area contributed by atoms with Gasteiger partial charge in [0, 0.05) is 10.8 Å². The Labute approximate surface area is 120 Å². The van der Waals surface area contributed by atoms with Crippen LogP contribution in [-0.2, 0) is 5.41 Å². The van der Waals surface area contributed by atoms with Gasteiger partial charge in [0.15, 0.2) is 0 Å². The number of hydrogen-bond acceptors (Lipinski definition) is 3. The van der Waals surface area contributed by atoms with Crippen LogP contribution in [-0.4, -0.2) is 10.1 Å². The van der Waals surface area contributed by atoms with Crippen molar-refractivity contribution < 1.29 is 5.11 Å². The van der Waals surface area contributed by atoms with Gasteiger partial charge in [-0.3, -0.25) is 0 Å². The minimum absolute atomic E-state index is 0.0923. The summed E-state index contributed by atoms with van der Waals surface area (Å²) in [5.74, 6) is 2.59. The van der Waals surface area contributed by atoms with Crippen LogP contribution in [0.3, 0.4) is 0 Å². The molecule has 1 aromatic rings. The van der Waals surface area contributed by atoms with Crippen molar-refractivity contribution >= 4 is 11.3 Å². The highest BCUT2D eigenvalue weighted by atomic mass is 32.1. The topological polar surface area (TPSA) is 33.1 Å². The molecule has 0 saturated heterocycles. The summed E-state index contributed by atoms with van der Waals surface area (Å²) in [6, 6.07) is 0. The number of aromatic nitrogens is 1. The quantitative estimate of drug-likeness (QED) is 0.895. The van der Waals surface area contributed by atoms with Gasteiger partial charge in [-0.1, -0.05) is 27.2 Å². The highest BCUT2D eigenvalue weighted by Crippen LogP contribution is 2.51. The van der Waals surface area contributed by atoms with Crippen LogP contribution in [0.4, 0.5) is 0 Å². The van der Waals surface area contributed by atoms with E-state index >= 15 is 0 Å². The molecule has 1 heterocycles. The lowest BCUT2D eigenvalue weighted by molar-refractivity contribution is 0.122. The van der Waals surface area contributed by atoms with Crippen molar-refractivity contribution in [3.63, 3.8) is 0 Å². The molecule has 2 aliphatic rings. The molecule has 2 nitrogen and oxygen atoms in total. The van der Waals surface area contributed by atoms with Crippen molar-refractivity contribution in [2.45, 2.75) is 64.4 Å². The van der Waals surface area contributed by atoms with Crippen molar-refractivity contribution in [3.8, 4) is 0 Å². The SMILES string of the molecule is CC(C)(C)c1nc(C(O)CC2CC3CCC2C3)cs1. The molecule has 3 rings (SSSR count). The zero-order chi connectivity index (χ0) is 13.6. The second-order valence-electron chi connectivity index (χ2n) is 7.51. The number of thiazole rings is 1. The molecule has 1 aromatic heterocycles. The van der Waals surface area contributed by atoms with E-state index in [1.54, 1.807) is 11.3 Å². The summed E-state index contributed by atoms with van der Waals surface area (Å²) in [7, 11) is 0. The van der Waals surface area contributed by atoms with Crippen molar-refractivity contribution in [2.75, 3.05) is 0 Å². The Morgan fingerprint density at radius 3 is 2.68 bits per heavy atom. The van der Waals surface area contributed by atoms with Gasteiger partial charge in [-0.2, -0.15) is 0 Å². The van der Waals surface area contributed by atoms with E-state index in [0.717, 1.165) is 34.9 Å². The molecule has 0 radical (unpaired) electrons. The van der Waals surface area contributed by atoms with E-state index in [-0.39, 0.29) is 11.5 Å². The highest BCUT2D eigenvalue weighted by molar-refractivity contribution is 7.09. The van der Waals surface area contributed by atoms with Crippen molar-refractivity contribution in [1.29, 1.82) is 0 Å². The molecule has 2 aliphatic carbocycles. The summed E-state index contributed by atoms with van der Waals surface area (Å²) in [5, 5.41) is 13.6. The van der Waals surface area contributed by atoms with E-state index in [1.807, 2.05) is 0 Å². The van der Waals surface area contributed by atoms with Gasteiger partial charge in [0.05, 0.1) is 16.8 Å². The molecule has 0 spiro atoms. The number of fused-ring (bicyclic) bond motifs is 2. The van der Waals surface area contributed by atoms with Crippen LogP contribution in [0, 0.1) is 17.8 Å². The van der Waals surface area contributed by atoms with E-state index < -0.39 is 0 Å². The first kappa shape index (κ1) is 13.6. The molecule has 0 amide bonds. The first-order valence-electron chi connectivity index (χ1n) is 7.57. The van der Waals surface area contributed by atoms with Gasteiger partial charge >= 0.3 is 0 Å². The molecule has 4 unspecified atom stereocenters. The average molecular weight is 279 g/mol. The number of nitrogens with zero attached hydrogens (tertiary/aromatic N) is 1. The average Bonchev–Trinajstić information content (AvgIpc) is 3.03. The molecule has 1 N–H and O–H groups in total. The fourth-order valence-corrected chi connectivity index (χ4v) is 4.81. The van der Waals surface area contributed by atoms with Gasteiger partial charge < -0.3 is 5.11 Å². The van der Waals surface area contributed by atoms with Gasteiger partial charge in [-0.25, -0.2) is 4.98 Å². The van der Waals surface area contributed by atoms with Crippen LogP contribution in [0.2, 0.25) is 0 Å². The Hall–Kier alpha value is -0.410. The molecule has 19 heavy (non-hydrogen) atoms. The summed E-state index contributed by atoms with van der Waals surface area (Å²) in [5.41, 5.74) is 0.993. The maximum atomic E-state index is 10.4. The zero-order valence-corrected chi connectivity index (χ0v) is 13.0. The summed E-state index contributed by atoms with van der Waals surface area (Å²) >= 11 is 1.69. The second kappa shape index (κ2) is 4.85. The summed E-state index contributed by atoms with van der Waals surface area (Å²) in [6.45, 7) is 6.54. The van der Waals surface area contributed by atoms with Gasteiger partial charge in [0.2, 0.25) is 0 Å². The lowest BCUT2D eigenvalue weighted by Crippen LogP contribution is -2.15.